The van der Waals surface area contributed by atoms with Gasteiger partial charge in [-0.15, -0.1) is 5.10 Å². The largest absolute Gasteiger partial charge is 0.385 e. The van der Waals surface area contributed by atoms with Gasteiger partial charge >= 0.3 is 0 Å². The molecule has 5 nitrogen and oxygen atoms in total. The zero-order chi connectivity index (χ0) is 10.6. The molecule has 0 aromatic carbocycles. The molecule has 1 rings (SSSR count). The van der Waals surface area contributed by atoms with E-state index in [-0.39, 0.29) is 5.69 Å². The van der Waals surface area contributed by atoms with Crippen LogP contribution in [0.1, 0.15) is 10.5 Å². The SMILES string of the molecule is O=C(NCC(O)C(F)F)c1csnn1. The minimum atomic E-state index is -2.87. The van der Waals surface area contributed by atoms with Gasteiger partial charge < -0.3 is 10.4 Å². The van der Waals surface area contributed by atoms with Crippen molar-refractivity contribution >= 4 is 17.4 Å². The van der Waals surface area contributed by atoms with Gasteiger partial charge in [0.2, 0.25) is 0 Å². The molecular formula is C6H7F2N3O2S. The molecule has 8 heteroatoms. The number of nitrogens with zero attached hydrogens (tertiary/aromatic N) is 2. The highest BCUT2D eigenvalue weighted by Gasteiger charge is 2.18. The summed E-state index contributed by atoms with van der Waals surface area (Å²) in [4.78, 5) is 11.1. The van der Waals surface area contributed by atoms with Crippen LogP contribution in [0.2, 0.25) is 0 Å². The van der Waals surface area contributed by atoms with Crippen molar-refractivity contribution in [3.63, 3.8) is 0 Å². The molecule has 1 aromatic heterocycles. The summed E-state index contributed by atoms with van der Waals surface area (Å²) < 4.78 is 27.0. The topological polar surface area (TPSA) is 75.1 Å². The molecule has 78 valence electrons. The Labute approximate surface area is 81.9 Å². The second kappa shape index (κ2) is 4.91. The maximum Gasteiger partial charge on any atom is 0.272 e. The number of carbonyl (C=O) groups is 1. The zero-order valence-corrected chi connectivity index (χ0v) is 7.67. The van der Waals surface area contributed by atoms with E-state index < -0.39 is 25.0 Å². The highest BCUT2D eigenvalue weighted by atomic mass is 32.1. The highest BCUT2D eigenvalue weighted by molar-refractivity contribution is 7.03. The van der Waals surface area contributed by atoms with E-state index >= 15 is 0 Å². The minimum Gasteiger partial charge on any atom is -0.385 e. The van der Waals surface area contributed by atoms with E-state index in [0.717, 1.165) is 11.5 Å². The van der Waals surface area contributed by atoms with Crippen LogP contribution in [-0.4, -0.2) is 39.7 Å². The number of halogens is 2. The number of aliphatic hydroxyl groups is 1. The van der Waals surface area contributed by atoms with Crippen molar-refractivity contribution in [2.45, 2.75) is 12.5 Å². The lowest BCUT2D eigenvalue weighted by molar-refractivity contribution is -0.00272. The number of rotatable bonds is 4. The van der Waals surface area contributed by atoms with Crippen LogP contribution in [0, 0.1) is 0 Å². The van der Waals surface area contributed by atoms with Gasteiger partial charge in [-0.25, -0.2) is 8.78 Å². The zero-order valence-electron chi connectivity index (χ0n) is 6.85. The molecule has 1 heterocycles. The fraction of sp³-hybridized carbons (Fsp3) is 0.500. The lowest BCUT2D eigenvalue weighted by atomic mass is 10.3. The fourth-order valence-corrected chi connectivity index (χ4v) is 1.08. The summed E-state index contributed by atoms with van der Waals surface area (Å²) in [6.45, 7) is -0.506. The Balaban J connectivity index is 2.36. The number of nitrogens with one attached hydrogen (secondary N) is 1. The van der Waals surface area contributed by atoms with E-state index in [2.05, 4.69) is 14.9 Å². The van der Waals surface area contributed by atoms with Gasteiger partial charge in [0.1, 0.15) is 6.10 Å². The number of hydrogen-bond donors (Lipinski definition) is 2. The highest BCUT2D eigenvalue weighted by Crippen LogP contribution is 2.00. The van der Waals surface area contributed by atoms with Crippen LogP contribution in [0.25, 0.3) is 0 Å². The average molecular weight is 223 g/mol. The molecule has 0 aliphatic carbocycles. The van der Waals surface area contributed by atoms with Gasteiger partial charge in [0.25, 0.3) is 12.3 Å². The summed E-state index contributed by atoms with van der Waals surface area (Å²) in [6, 6.07) is 0. The summed E-state index contributed by atoms with van der Waals surface area (Å²) in [5, 5.41) is 15.6. The summed E-state index contributed by atoms with van der Waals surface area (Å²) >= 11 is 0.976. The first kappa shape index (κ1) is 10.9. The van der Waals surface area contributed by atoms with E-state index in [1.165, 1.54) is 5.38 Å². The van der Waals surface area contributed by atoms with E-state index in [0.29, 0.717) is 0 Å². The number of aliphatic hydroxyl groups excluding tert-OH is 1. The van der Waals surface area contributed by atoms with Crippen molar-refractivity contribution in [2.75, 3.05) is 6.54 Å². The van der Waals surface area contributed by atoms with Crippen molar-refractivity contribution in [3.8, 4) is 0 Å². The third-order valence-corrected chi connectivity index (χ3v) is 1.86. The first-order chi connectivity index (χ1) is 6.61. The lowest BCUT2D eigenvalue weighted by Crippen LogP contribution is -2.35. The number of aromatic nitrogens is 2. The van der Waals surface area contributed by atoms with Crippen LogP contribution in [0.4, 0.5) is 8.78 Å². The standard InChI is InChI=1S/C6H7F2N3O2S/c7-5(8)4(12)1-9-6(13)3-2-14-11-10-3/h2,4-5,12H,1H2,(H,9,13). The van der Waals surface area contributed by atoms with Gasteiger partial charge in [0.05, 0.1) is 0 Å². The van der Waals surface area contributed by atoms with Crippen molar-refractivity contribution in [1.29, 1.82) is 0 Å². The predicted octanol–water partition coefficient (Wildman–Crippen LogP) is -0.106. The summed E-state index contributed by atoms with van der Waals surface area (Å²) in [7, 11) is 0. The first-order valence-corrected chi connectivity index (χ1v) is 4.46. The molecule has 0 fully saturated rings. The molecule has 0 bridgehead atoms. The predicted molar refractivity (Wildman–Crippen MR) is 44.3 cm³/mol. The number of carbonyl (C=O) groups excluding carboxylic acids is 1. The van der Waals surface area contributed by atoms with Gasteiger partial charge in [0.15, 0.2) is 5.69 Å². The molecule has 2 N–H and O–H groups in total. The van der Waals surface area contributed by atoms with Crippen LogP contribution in [0.3, 0.4) is 0 Å². The normalized spacial score (nSPS) is 12.9. The average Bonchev–Trinajstić information content (AvgIpc) is 2.66. The third-order valence-electron chi connectivity index (χ3n) is 1.36. The first-order valence-electron chi connectivity index (χ1n) is 3.62. The molecule has 1 amide bonds. The molecule has 1 unspecified atom stereocenters. The molecule has 1 atom stereocenters. The molecule has 0 aliphatic heterocycles. The number of alkyl halides is 2. The Morgan fingerprint density at radius 3 is 2.93 bits per heavy atom. The third kappa shape index (κ3) is 2.96. The number of amides is 1. The van der Waals surface area contributed by atoms with Gasteiger partial charge in [-0.05, 0) is 11.5 Å². The van der Waals surface area contributed by atoms with Crippen LogP contribution in [0.15, 0.2) is 5.38 Å². The maximum atomic E-state index is 11.8. The van der Waals surface area contributed by atoms with Crippen molar-refractivity contribution in [3.05, 3.63) is 11.1 Å². The quantitative estimate of drug-likeness (QED) is 0.747. The van der Waals surface area contributed by atoms with Crippen LogP contribution in [0.5, 0.6) is 0 Å². The Bertz CT molecular complexity index is 293. The molecule has 0 aliphatic rings. The smallest absolute Gasteiger partial charge is 0.272 e. The van der Waals surface area contributed by atoms with E-state index in [9.17, 15) is 13.6 Å². The molecule has 0 saturated carbocycles. The minimum absolute atomic E-state index is 0.0523. The van der Waals surface area contributed by atoms with Crippen molar-refractivity contribution < 1.29 is 18.7 Å². The van der Waals surface area contributed by atoms with Gasteiger partial charge in [-0.3, -0.25) is 4.79 Å². The lowest BCUT2D eigenvalue weighted by Gasteiger charge is -2.09. The summed E-state index contributed by atoms with van der Waals surface area (Å²) in [6.07, 6.45) is -4.73. The van der Waals surface area contributed by atoms with Crippen molar-refractivity contribution in [2.24, 2.45) is 0 Å². The van der Waals surface area contributed by atoms with Crippen molar-refractivity contribution in [1.82, 2.24) is 14.9 Å². The molecule has 0 spiro atoms. The molecular weight excluding hydrogens is 216 g/mol. The van der Waals surface area contributed by atoms with Crippen LogP contribution >= 0.6 is 11.5 Å². The van der Waals surface area contributed by atoms with Gasteiger partial charge in [-0.1, -0.05) is 4.49 Å². The second-order valence-electron chi connectivity index (χ2n) is 2.40. The Morgan fingerprint density at radius 2 is 2.43 bits per heavy atom. The molecule has 14 heavy (non-hydrogen) atoms. The van der Waals surface area contributed by atoms with Gasteiger partial charge in [0, 0.05) is 11.9 Å². The van der Waals surface area contributed by atoms with Gasteiger partial charge in [-0.2, -0.15) is 0 Å². The Hall–Kier alpha value is -1.15. The van der Waals surface area contributed by atoms with E-state index in [4.69, 9.17) is 5.11 Å². The fourth-order valence-electron chi connectivity index (χ4n) is 0.640. The summed E-state index contributed by atoms with van der Waals surface area (Å²) in [5.41, 5.74) is 0.0523. The van der Waals surface area contributed by atoms with Crippen LogP contribution in [-0.2, 0) is 0 Å². The Morgan fingerprint density at radius 1 is 1.71 bits per heavy atom. The number of hydrogen-bond acceptors (Lipinski definition) is 5. The second-order valence-corrected chi connectivity index (χ2v) is 3.01. The monoisotopic (exact) mass is 223 g/mol. The van der Waals surface area contributed by atoms with E-state index in [1.54, 1.807) is 0 Å². The van der Waals surface area contributed by atoms with E-state index in [1.807, 2.05) is 0 Å². The molecule has 0 radical (unpaired) electrons. The van der Waals surface area contributed by atoms with Crippen LogP contribution < -0.4 is 5.32 Å². The molecule has 0 saturated heterocycles. The Kier molecular flexibility index (Phi) is 3.84. The molecule has 1 aromatic rings. The maximum absolute atomic E-state index is 11.8. The summed E-state index contributed by atoms with van der Waals surface area (Å²) in [5.74, 6) is -0.626.